The van der Waals surface area contributed by atoms with Crippen LogP contribution in [0.25, 0.3) is 22.4 Å². The monoisotopic (exact) mass is 412 g/mol. The average Bonchev–Trinajstić information content (AvgIpc) is 3.39. The van der Waals surface area contributed by atoms with E-state index in [-0.39, 0.29) is 5.76 Å². The molecule has 6 nitrogen and oxygen atoms in total. The van der Waals surface area contributed by atoms with E-state index in [9.17, 15) is 4.79 Å². The van der Waals surface area contributed by atoms with Crippen molar-refractivity contribution in [1.82, 2.24) is 9.72 Å². The third-order valence-electron chi connectivity index (χ3n) is 5.24. The van der Waals surface area contributed by atoms with Gasteiger partial charge in [0, 0.05) is 18.1 Å². The number of hydrogen-bond acceptors (Lipinski definition) is 5. The summed E-state index contributed by atoms with van der Waals surface area (Å²) in [6.07, 6.45) is 0.567. The summed E-state index contributed by atoms with van der Waals surface area (Å²) in [5, 5.41) is 4.18. The normalized spacial score (nSPS) is 11.1. The van der Waals surface area contributed by atoms with Crippen LogP contribution in [0.15, 0.2) is 92.6 Å². The van der Waals surface area contributed by atoms with Crippen LogP contribution in [0.2, 0.25) is 0 Å². The second kappa shape index (κ2) is 7.99. The lowest BCUT2D eigenvalue weighted by atomic mass is 10.1. The molecule has 0 saturated carbocycles. The first-order valence-corrected chi connectivity index (χ1v) is 9.96. The molecule has 31 heavy (non-hydrogen) atoms. The first-order valence-electron chi connectivity index (χ1n) is 9.96. The minimum Gasteiger partial charge on any atom is -0.497 e. The van der Waals surface area contributed by atoms with Gasteiger partial charge in [0.25, 0.3) is 0 Å². The number of oxazole rings is 1. The molecule has 0 spiro atoms. The van der Waals surface area contributed by atoms with Gasteiger partial charge >= 0.3 is 5.76 Å². The van der Waals surface area contributed by atoms with E-state index in [1.165, 1.54) is 0 Å². The summed E-state index contributed by atoms with van der Waals surface area (Å²) >= 11 is 0. The highest BCUT2D eigenvalue weighted by Gasteiger charge is 2.13. The Bertz CT molecular complexity index is 1380. The van der Waals surface area contributed by atoms with Crippen LogP contribution >= 0.6 is 0 Å². The highest BCUT2D eigenvalue weighted by atomic mass is 16.5. The fraction of sp³-hybridized carbons (Fsp3) is 0.120. The maximum absolute atomic E-state index is 12.4. The standard InChI is InChI=1S/C25H20N2O4/c1-29-20-10-7-17(8-11-20)16-27-23-14-18(9-12-24(23)30-25(27)28)13-21-15-22(26-31-21)19-5-3-2-4-6-19/h2-12,14-15H,13,16H2,1H3. The Hall–Kier alpha value is -4.06. The molecule has 0 radical (unpaired) electrons. The van der Waals surface area contributed by atoms with Crippen molar-refractivity contribution in [1.29, 1.82) is 0 Å². The van der Waals surface area contributed by atoms with Crippen LogP contribution < -0.4 is 10.5 Å². The van der Waals surface area contributed by atoms with Crippen LogP contribution in [0, 0.1) is 0 Å². The maximum Gasteiger partial charge on any atom is 0.420 e. The molecule has 5 aromatic rings. The van der Waals surface area contributed by atoms with E-state index in [1.54, 1.807) is 11.7 Å². The SMILES string of the molecule is COc1ccc(Cn2c(=O)oc3ccc(Cc4cc(-c5ccccc5)no4)cc32)cc1. The van der Waals surface area contributed by atoms with Gasteiger partial charge in [-0.3, -0.25) is 4.57 Å². The molecule has 0 amide bonds. The summed E-state index contributed by atoms with van der Waals surface area (Å²) in [7, 11) is 1.63. The number of rotatable bonds is 6. The molecule has 0 aliphatic rings. The van der Waals surface area contributed by atoms with Crippen molar-refractivity contribution >= 4 is 11.1 Å². The van der Waals surface area contributed by atoms with Crippen LogP contribution in [0.4, 0.5) is 0 Å². The van der Waals surface area contributed by atoms with Crippen LogP contribution in [-0.4, -0.2) is 16.8 Å². The molecule has 5 rings (SSSR count). The van der Waals surface area contributed by atoms with Crippen molar-refractivity contribution in [2.24, 2.45) is 0 Å². The smallest absolute Gasteiger partial charge is 0.420 e. The molecular formula is C25H20N2O4. The highest BCUT2D eigenvalue weighted by Crippen LogP contribution is 2.23. The highest BCUT2D eigenvalue weighted by molar-refractivity contribution is 5.74. The fourth-order valence-corrected chi connectivity index (χ4v) is 3.62. The summed E-state index contributed by atoms with van der Waals surface area (Å²) in [6.45, 7) is 0.416. The largest absolute Gasteiger partial charge is 0.497 e. The molecule has 0 aliphatic carbocycles. The number of nitrogens with zero attached hydrogens (tertiary/aromatic N) is 2. The quantitative estimate of drug-likeness (QED) is 0.397. The first-order chi connectivity index (χ1) is 15.2. The fourth-order valence-electron chi connectivity index (χ4n) is 3.62. The van der Waals surface area contributed by atoms with Crippen molar-refractivity contribution < 1.29 is 13.7 Å². The van der Waals surface area contributed by atoms with Crippen molar-refractivity contribution in [3.05, 3.63) is 106 Å². The van der Waals surface area contributed by atoms with Gasteiger partial charge in [-0.1, -0.05) is 53.7 Å². The van der Waals surface area contributed by atoms with Gasteiger partial charge in [-0.15, -0.1) is 0 Å². The van der Waals surface area contributed by atoms with E-state index in [0.29, 0.717) is 18.5 Å². The molecule has 0 saturated heterocycles. The maximum atomic E-state index is 12.4. The number of hydrogen-bond donors (Lipinski definition) is 0. The predicted octanol–water partition coefficient (Wildman–Crippen LogP) is 4.90. The van der Waals surface area contributed by atoms with Crippen LogP contribution in [-0.2, 0) is 13.0 Å². The number of methoxy groups -OCH3 is 1. The van der Waals surface area contributed by atoms with Gasteiger partial charge in [0.15, 0.2) is 5.58 Å². The number of benzene rings is 3. The van der Waals surface area contributed by atoms with Gasteiger partial charge in [0.1, 0.15) is 17.2 Å². The van der Waals surface area contributed by atoms with Crippen molar-refractivity contribution in [2.45, 2.75) is 13.0 Å². The molecule has 0 N–H and O–H groups in total. The Balaban J connectivity index is 1.42. The van der Waals surface area contributed by atoms with Crippen LogP contribution in [0.5, 0.6) is 5.75 Å². The van der Waals surface area contributed by atoms with Crippen LogP contribution in [0.3, 0.4) is 0 Å². The number of ether oxygens (including phenoxy) is 1. The Morgan fingerprint density at radius 3 is 2.48 bits per heavy atom. The average molecular weight is 412 g/mol. The van der Waals surface area contributed by atoms with Gasteiger partial charge in [-0.05, 0) is 35.4 Å². The van der Waals surface area contributed by atoms with E-state index in [0.717, 1.165) is 39.4 Å². The third kappa shape index (κ3) is 3.88. The molecule has 2 heterocycles. The van der Waals surface area contributed by atoms with Crippen molar-refractivity contribution in [2.75, 3.05) is 7.11 Å². The van der Waals surface area contributed by atoms with Crippen molar-refractivity contribution in [3.63, 3.8) is 0 Å². The lowest BCUT2D eigenvalue weighted by molar-refractivity contribution is 0.391. The second-order valence-corrected chi connectivity index (χ2v) is 7.33. The molecule has 3 aromatic carbocycles. The molecule has 154 valence electrons. The lowest BCUT2D eigenvalue weighted by Crippen LogP contribution is -2.14. The van der Waals surface area contributed by atoms with Gasteiger partial charge in [-0.2, -0.15) is 0 Å². The predicted molar refractivity (Wildman–Crippen MR) is 117 cm³/mol. The minimum atomic E-state index is -0.381. The molecule has 0 unspecified atom stereocenters. The zero-order chi connectivity index (χ0) is 21.2. The third-order valence-corrected chi connectivity index (χ3v) is 5.24. The van der Waals surface area contributed by atoms with Crippen molar-refractivity contribution in [3.8, 4) is 17.0 Å². The molecule has 6 heteroatoms. The van der Waals surface area contributed by atoms with E-state index < -0.39 is 0 Å². The summed E-state index contributed by atoms with van der Waals surface area (Å²) in [4.78, 5) is 12.4. The summed E-state index contributed by atoms with van der Waals surface area (Å²) in [5.41, 5.74) is 5.12. The van der Waals surface area contributed by atoms with Gasteiger partial charge in [0.05, 0.1) is 19.2 Å². The summed E-state index contributed by atoms with van der Waals surface area (Å²) in [6, 6.07) is 25.2. The van der Waals surface area contributed by atoms with Crippen LogP contribution in [0.1, 0.15) is 16.9 Å². The topological polar surface area (TPSA) is 70.4 Å². The Morgan fingerprint density at radius 1 is 0.935 bits per heavy atom. The Morgan fingerprint density at radius 2 is 1.71 bits per heavy atom. The molecular weight excluding hydrogens is 392 g/mol. The zero-order valence-electron chi connectivity index (χ0n) is 16.9. The van der Waals surface area contributed by atoms with E-state index in [2.05, 4.69) is 5.16 Å². The molecule has 0 fully saturated rings. The van der Waals surface area contributed by atoms with Gasteiger partial charge in [-0.25, -0.2) is 4.79 Å². The molecule has 0 aliphatic heterocycles. The summed E-state index contributed by atoms with van der Waals surface area (Å²) < 4.78 is 17.8. The van der Waals surface area contributed by atoms with E-state index in [4.69, 9.17) is 13.7 Å². The van der Waals surface area contributed by atoms with Gasteiger partial charge < -0.3 is 13.7 Å². The molecule has 0 atom stereocenters. The zero-order valence-corrected chi connectivity index (χ0v) is 16.9. The molecule has 0 bridgehead atoms. The number of aromatic nitrogens is 2. The second-order valence-electron chi connectivity index (χ2n) is 7.33. The molecule has 2 aromatic heterocycles. The lowest BCUT2D eigenvalue weighted by Gasteiger charge is -2.05. The van der Waals surface area contributed by atoms with E-state index in [1.807, 2.05) is 78.9 Å². The summed E-state index contributed by atoms with van der Waals surface area (Å²) in [5.74, 6) is 1.15. The first kappa shape index (κ1) is 18.9. The number of fused-ring (bicyclic) bond motifs is 1. The Kier molecular flexibility index (Phi) is 4.88. The minimum absolute atomic E-state index is 0.381. The van der Waals surface area contributed by atoms with E-state index >= 15 is 0 Å². The Labute approximate surface area is 178 Å². The van der Waals surface area contributed by atoms with Gasteiger partial charge in [0.2, 0.25) is 0 Å².